The summed E-state index contributed by atoms with van der Waals surface area (Å²) in [4.78, 5) is 34.7. The second-order valence-electron chi connectivity index (χ2n) is 5.16. The summed E-state index contributed by atoms with van der Waals surface area (Å²) in [6.07, 6.45) is -0.119. The first-order chi connectivity index (χ1) is 11.2. The fourth-order valence-corrected chi connectivity index (χ4v) is 1.84. The zero-order valence-corrected chi connectivity index (χ0v) is 14.7. The van der Waals surface area contributed by atoms with Crippen LogP contribution >= 0.6 is 23.2 Å². The molecule has 0 aliphatic heterocycles. The first-order valence-electron chi connectivity index (χ1n) is 6.98. The van der Waals surface area contributed by atoms with Crippen LogP contribution in [0.2, 0.25) is 10.0 Å². The van der Waals surface area contributed by atoms with E-state index < -0.39 is 11.8 Å². The molecule has 0 saturated heterocycles. The number of halogens is 2. The molecule has 0 saturated carbocycles. The lowest BCUT2D eigenvalue weighted by Gasteiger charge is -2.12. The van der Waals surface area contributed by atoms with Crippen molar-refractivity contribution in [1.29, 1.82) is 0 Å². The smallest absolute Gasteiger partial charge is 0.327 e. The lowest BCUT2D eigenvalue weighted by molar-refractivity contribution is -0.140. The molecule has 1 rings (SSSR count). The van der Waals surface area contributed by atoms with E-state index in [4.69, 9.17) is 23.2 Å². The third-order valence-corrected chi connectivity index (χ3v) is 3.30. The highest BCUT2D eigenvalue weighted by Gasteiger charge is 2.14. The first kappa shape index (κ1) is 19.8. The highest BCUT2D eigenvalue weighted by atomic mass is 35.5. The predicted octanol–water partition coefficient (Wildman–Crippen LogP) is 1.98. The van der Waals surface area contributed by atoms with Crippen LogP contribution < -0.4 is 21.5 Å². The Morgan fingerprint density at radius 1 is 1.08 bits per heavy atom. The Balaban J connectivity index is 2.41. The lowest BCUT2D eigenvalue weighted by atomic mass is 10.3. The summed E-state index contributed by atoms with van der Waals surface area (Å²) in [5.74, 6) is -2.05. The Morgan fingerprint density at radius 3 is 2.33 bits per heavy atom. The van der Waals surface area contributed by atoms with Gasteiger partial charge in [-0.1, -0.05) is 29.8 Å². The fourth-order valence-electron chi connectivity index (χ4n) is 1.55. The minimum atomic E-state index is -0.880. The van der Waals surface area contributed by atoms with Gasteiger partial charge in [0.1, 0.15) is 0 Å². The number of amides is 3. The van der Waals surface area contributed by atoms with Gasteiger partial charge in [-0.3, -0.25) is 19.8 Å². The van der Waals surface area contributed by atoms with E-state index in [-0.39, 0.29) is 24.1 Å². The Morgan fingerprint density at radius 2 is 1.75 bits per heavy atom. The van der Waals surface area contributed by atoms with Gasteiger partial charge in [0.05, 0.1) is 16.5 Å². The van der Waals surface area contributed by atoms with E-state index in [0.717, 1.165) is 0 Å². The number of hydrazine groups is 1. The minimum absolute atomic E-state index is 0.119. The second-order valence-corrected chi connectivity index (χ2v) is 5.98. The van der Waals surface area contributed by atoms with E-state index in [1.165, 1.54) is 6.07 Å². The maximum Gasteiger partial charge on any atom is 0.327 e. The number of rotatable bonds is 6. The molecule has 4 N–H and O–H groups in total. The monoisotopic (exact) mass is 372 g/mol. The van der Waals surface area contributed by atoms with Gasteiger partial charge in [0.25, 0.3) is 0 Å². The topological polar surface area (TPSA) is 99.3 Å². The summed E-state index contributed by atoms with van der Waals surface area (Å²) < 4.78 is 0. The summed E-state index contributed by atoms with van der Waals surface area (Å²) in [5.41, 5.74) is 5.25. The molecule has 0 radical (unpaired) electrons. The summed E-state index contributed by atoms with van der Waals surface area (Å²) in [6.45, 7) is 7.05. The van der Waals surface area contributed by atoms with Crippen LogP contribution in [0.25, 0.3) is 0 Å². The molecule has 130 valence electrons. The van der Waals surface area contributed by atoms with Gasteiger partial charge in [0, 0.05) is 17.4 Å². The van der Waals surface area contributed by atoms with Crippen LogP contribution in [0.3, 0.4) is 0 Å². The van der Waals surface area contributed by atoms with E-state index in [1.807, 2.05) is 0 Å². The second kappa shape index (κ2) is 9.14. The summed E-state index contributed by atoms with van der Waals surface area (Å²) >= 11 is 11.6. The zero-order chi connectivity index (χ0) is 18.3. The molecule has 0 heterocycles. The lowest BCUT2D eigenvalue weighted by Crippen LogP contribution is -2.47. The molecule has 7 nitrogen and oxygen atoms in total. The molecule has 24 heavy (non-hydrogen) atoms. The largest absolute Gasteiger partial charge is 0.346 e. The predicted molar refractivity (Wildman–Crippen MR) is 93.4 cm³/mol. The van der Waals surface area contributed by atoms with Crippen molar-refractivity contribution in [1.82, 2.24) is 16.2 Å². The van der Waals surface area contributed by atoms with Crippen molar-refractivity contribution < 1.29 is 14.4 Å². The van der Waals surface area contributed by atoms with Crippen molar-refractivity contribution in [2.24, 2.45) is 0 Å². The summed E-state index contributed by atoms with van der Waals surface area (Å²) in [7, 11) is 0. The van der Waals surface area contributed by atoms with Crippen LogP contribution in [-0.2, 0) is 14.4 Å². The van der Waals surface area contributed by atoms with Crippen molar-refractivity contribution in [2.75, 3.05) is 5.32 Å². The van der Waals surface area contributed by atoms with Gasteiger partial charge in [-0.25, -0.2) is 0 Å². The highest BCUT2D eigenvalue weighted by Crippen LogP contribution is 2.25. The molecule has 3 amide bonds. The summed E-state index contributed by atoms with van der Waals surface area (Å²) in [5, 5.41) is 5.72. The fraction of sp³-hybridized carbons (Fsp3) is 0.267. The first-order valence-corrected chi connectivity index (χ1v) is 7.74. The molecule has 0 aliphatic rings. The van der Waals surface area contributed by atoms with Gasteiger partial charge in [-0.15, -0.1) is 0 Å². The average molecular weight is 373 g/mol. The van der Waals surface area contributed by atoms with Crippen molar-refractivity contribution in [2.45, 2.75) is 26.3 Å². The number of hydrogen-bond donors (Lipinski definition) is 4. The number of benzene rings is 1. The van der Waals surface area contributed by atoms with E-state index in [1.54, 1.807) is 26.0 Å². The zero-order valence-electron chi connectivity index (χ0n) is 13.2. The van der Waals surface area contributed by atoms with Crippen LogP contribution in [0.4, 0.5) is 5.69 Å². The van der Waals surface area contributed by atoms with Crippen LogP contribution in [-0.4, -0.2) is 23.8 Å². The van der Waals surface area contributed by atoms with Crippen molar-refractivity contribution >= 4 is 46.6 Å². The van der Waals surface area contributed by atoms with E-state index in [9.17, 15) is 14.4 Å². The van der Waals surface area contributed by atoms with Crippen LogP contribution in [0, 0.1) is 0 Å². The molecule has 9 heteroatoms. The van der Waals surface area contributed by atoms with Gasteiger partial charge in [0.2, 0.25) is 5.91 Å². The SMILES string of the molecule is C=C(CC(=O)Nc1ccc(Cl)c(Cl)c1)NNC(=O)C(=O)NC(C)C. The number of nitrogens with one attached hydrogen (secondary N) is 4. The molecule has 0 spiro atoms. The Bertz CT molecular complexity index is 662. The molecule has 0 aromatic heterocycles. The Labute approximate surface area is 149 Å². The van der Waals surface area contributed by atoms with Crippen molar-refractivity contribution in [3.05, 3.63) is 40.5 Å². The van der Waals surface area contributed by atoms with E-state index >= 15 is 0 Å². The average Bonchev–Trinajstić information content (AvgIpc) is 2.47. The van der Waals surface area contributed by atoms with Crippen LogP contribution in [0.1, 0.15) is 20.3 Å². The molecule has 0 aliphatic carbocycles. The number of carbonyl (C=O) groups excluding carboxylic acids is 3. The Hall–Kier alpha value is -2.25. The molecule has 0 fully saturated rings. The van der Waals surface area contributed by atoms with Crippen LogP contribution in [0.15, 0.2) is 30.5 Å². The number of carbonyl (C=O) groups is 3. The molecule has 1 aromatic carbocycles. The van der Waals surface area contributed by atoms with Gasteiger partial charge in [-0.05, 0) is 32.0 Å². The number of anilines is 1. The van der Waals surface area contributed by atoms with Crippen molar-refractivity contribution in [3.63, 3.8) is 0 Å². The quantitative estimate of drug-likeness (QED) is 0.453. The van der Waals surface area contributed by atoms with Crippen molar-refractivity contribution in [3.8, 4) is 0 Å². The summed E-state index contributed by atoms with van der Waals surface area (Å²) in [6, 6.07) is 4.50. The van der Waals surface area contributed by atoms with Gasteiger partial charge in [0.15, 0.2) is 0 Å². The van der Waals surface area contributed by atoms with E-state index in [2.05, 4.69) is 28.1 Å². The molecular formula is C15H18Cl2N4O3. The van der Waals surface area contributed by atoms with Crippen LogP contribution in [0.5, 0.6) is 0 Å². The maximum absolute atomic E-state index is 11.9. The third-order valence-electron chi connectivity index (χ3n) is 2.56. The molecule has 1 aromatic rings. The maximum atomic E-state index is 11.9. The minimum Gasteiger partial charge on any atom is -0.346 e. The van der Waals surface area contributed by atoms with Gasteiger partial charge < -0.3 is 16.1 Å². The third kappa shape index (κ3) is 6.89. The standard InChI is InChI=1S/C15H18Cl2N4O3/c1-8(2)18-14(23)15(24)21-20-9(3)6-13(22)19-10-4-5-11(16)12(17)7-10/h4-5,7-8,20H,3,6H2,1-2H3,(H,18,23)(H,19,22)(H,21,24). The highest BCUT2D eigenvalue weighted by molar-refractivity contribution is 6.42. The molecule has 0 atom stereocenters. The number of hydrogen-bond acceptors (Lipinski definition) is 4. The normalized spacial score (nSPS) is 10.0. The molecule has 0 bridgehead atoms. The van der Waals surface area contributed by atoms with Gasteiger partial charge >= 0.3 is 11.8 Å². The van der Waals surface area contributed by atoms with Gasteiger partial charge in [-0.2, -0.15) is 0 Å². The Kier molecular flexibility index (Phi) is 7.54. The molecule has 0 unspecified atom stereocenters. The van der Waals surface area contributed by atoms with E-state index in [0.29, 0.717) is 15.7 Å². The molecular weight excluding hydrogens is 355 g/mol.